The molecule has 5 heteroatoms. The Morgan fingerprint density at radius 1 is 1.62 bits per heavy atom. The SMILES string of the molecule is COC(c1cc(C(=O)O)no1)C1CCCC1. The number of nitrogens with zero attached hydrogens (tertiary/aromatic N) is 1. The van der Waals surface area contributed by atoms with Gasteiger partial charge in [0.2, 0.25) is 0 Å². The molecule has 5 nitrogen and oxygen atoms in total. The van der Waals surface area contributed by atoms with Crippen LogP contribution >= 0.6 is 0 Å². The standard InChI is InChI=1S/C11H15NO4/c1-15-10(7-4-2-3-5-7)9-6-8(11(13)14)12-16-9/h6-7,10H,2-5H2,1H3,(H,13,14). The Balaban J connectivity index is 2.15. The summed E-state index contributed by atoms with van der Waals surface area (Å²) in [6.07, 6.45) is 4.43. The molecule has 0 amide bonds. The van der Waals surface area contributed by atoms with Gasteiger partial charge in [-0.3, -0.25) is 0 Å². The molecule has 1 aliphatic carbocycles. The molecular formula is C11H15NO4. The zero-order chi connectivity index (χ0) is 11.5. The molecule has 1 unspecified atom stereocenters. The monoisotopic (exact) mass is 225 g/mol. The number of carboxylic acids is 1. The summed E-state index contributed by atoms with van der Waals surface area (Å²) < 4.78 is 10.4. The van der Waals surface area contributed by atoms with E-state index in [9.17, 15) is 4.79 Å². The molecule has 1 fully saturated rings. The van der Waals surface area contributed by atoms with Gasteiger partial charge in [-0.15, -0.1) is 0 Å². The summed E-state index contributed by atoms with van der Waals surface area (Å²) in [6, 6.07) is 1.45. The van der Waals surface area contributed by atoms with Crippen LogP contribution in [0.3, 0.4) is 0 Å². The number of hydrogen-bond donors (Lipinski definition) is 1. The Kier molecular flexibility index (Phi) is 3.24. The van der Waals surface area contributed by atoms with Gasteiger partial charge in [-0.05, 0) is 18.8 Å². The Morgan fingerprint density at radius 3 is 2.81 bits per heavy atom. The number of aromatic carboxylic acids is 1. The van der Waals surface area contributed by atoms with Crippen LogP contribution in [0.5, 0.6) is 0 Å². The molecule has 1 heterocycles. The summed E-state index contributed by atoms with van der Waals surface area (Å²) in [4.78, 5) is 10.7. The molecule has 1 saturated carbocycles. The molecule has 88 valence electrons. The lowest BCUT2D eigenvalue weighted by Crippen LogP contribution is -2.11. The van der Waals surface area contributed by atoms with E-state index in [1.54, 1.807) is 7.11 Å². The molecule has 0 aromatic carbocycles. The van der Waals surface area contributed by atoms with Crippen LogP contribution in [-0.2, 0) is 4.74 Å². The Bertz CT molecular complexity index is 368. The first kappa shape index (κ1) is 11.1. The summed E-state index contributed by atoms with van der Waals surface area (Å²) in [5.41, 5.74) is -0.0601. The maximum absolute atomic E-state index is 10.7. The zero-order valence-electron chi connectivity index (χ0n) is 9.18. The molecule has 1 N–H and O–H groups in total. The van der Waals surface area contributed by atoms with E-state index in [0.29, 0.717) is 11.7 Å². The van der Waals surface area contributed by atoms with Gasteiger partial charge in [0.1, 0.15) is 6.10 Å². The van der Waals surface area contributed by atoms with E-state index in [1.165, 1.54) is 18.9 Å². The number of methoxy groups -OCH3 is 1. The highest BCUT2D eigenvalue weighted by Crippen LogP contribution is 2.37. The highest BCUT2D eigenvalue weighted by Gasteiger charge is 2.29. The van der Waals surface area contributed by atoms with Crippen molar-refractivity contribution in [2.24, 2.45) is 5.92 Å². The van der Waals surface area contributed by atoms with Crippen LogP contribution in [0.25, 0.3) is 0 Å². The molecule has 1 atom stereocenters. The number of hydrogen-bond acceptors (Lipinski definition) is 4. The second-order valence-corrected chi connectivity index (χ2v) is 4.12. The predicted octanol–water partition coefficient (Wildman–Crippen LogP) is 2.25. The molecule has 16 heavy (non-hydrogen) atoms. The van der Waals surface area contributed by atoms with Crippen molar-refractivity contribution < 1.29 is 19.2 Å². The fourth-order valence-corrected chi connectivity index (χ4v) is 2.33. The van der Waals surface area contributed by atoms with E-state index in [1.807, 2.05) is 0 Å². The molecule has 1 aromatic rings. The molecule has 0 saturated heterocycles. The van der Waals surface area contributed by atoms with Gasteiger partial charge in [-0.1, -0.05) is 18.0 Å². The molecule has 1 aliphatic rings. The minimum absolute atomic E-state index is 0.0601. The van der Waals surface area contributed by atoms with E-state index < -0.39 is 5.97 Å². The summed E-state index contributed by atoms with van der Waals surface area (Å²) in [6.45, 7) is 0. The van der Waals surface area contributed by atoms with Crippen molar-refractivity contribution in [2.75, 3.05) is 7.11 Å². The number of carboxylic acid groups (broad SMARTS) is 1. The normalized spacial score (nSPS) is 18.8. The average molecular weight is 225 g/mol. The Hall–Kier alpha value is -1.36. The second-order valence-electron chi connectivity index (χ2n) is 4.12. The van der Waals surface area contributed by atoms with Crippen LogP contribution < -0.4 is 0 Å². The van der Waals surface area contributed by atoms with Crippen molar-refractivity contribution in [1.29, 1.82) is 0 Å². The highest BCUT2D eigenvalue weighted by molar-refractivity contribution is 5.85. The quantitative estimate of drug-likeness (QED) is 0.850. The van der Waals surface area contributed by atoms with Crippen LogP contribution in [0.15, 0.2) is 10.6 Å². The minimum Gasteiger partial charge on any atom is -0.476 e. The largest absolute Gasteiger partial charge is 0.476 e. The van der Waals surface area contributed by atoms with E-state index in [4.69, 9.17) is 14.4 Å². The van der Waals surface area contributed by atoms with Gasteiger partial charge in [0.15, 0.2) is 11.5 Å². The third-order valence-electron chi connectivity index (χ3n) is 3.11. The second kappa shape index (κ2) is 4.65. The van der Waals surface area contributed by atoms with Crippen molar-refractivity contribution in [3.8, 4) is 0 Å². The fourth-order valence-electron chi connectivity index (χ4n) is 2.33. The first-order chi connectivity index (χ1) is 7.72. The van der Waals surface area contributed by atoms with Crippen LogP contribution in [-0.4, -0.2) is 23.3 Å². The summed E-state index contributed by atoms with van der Waals surface area (Å²) in [5, 5.41) is 12.3. The van der Waals surface area contributed by atoms with Gasteiger partial charge in [0, 0.05) is 13.2 Å². The van der Waals surface area contributed by atoms with E-state index in [0.717, 1.165) is 12.8 Å². The molecule has 0 bridgehead atoms. The van der Waals surface area contributed by atoms with Gasteiger partial charge >= 0.3 is 5.97 Å². The lowest BCUT2D eigenvalue weighted by molar-refractivity contribution is 0.0317. The van der Waals surface area contributed by atoms with Gasteiger partial charge in [-0.25, -0.2) is 4.79 Å². The molecule has 2 rings (SSSR count). The molecule has 0 radical (unpaired) electrons. The number of rotatable bonds is 4. The average Bonchev–Trinajstić information content (AvgIpc) is 2.88. The smallest absolute Gasteiger partial charge is 0.358 e. The first-order valence-corrected chi connectivity index (χ1v) is 5.45. The summed E-state index contributed by atoms with van der Waals surface area (Å²) in [7, 11) is 1.62. The van der Waals surface area contributed by atoms with Crippen molar-refractivity contribution in [2.45, 2.75) is 31.8 Å². The van der Waals surface area contributed by atoms with Crippen molar-refractivity contribution in [1.82, 2.24) is 5.16 Å². The maximum atomic E-state index is 10.7. The first-order valence-electron chi connectivity index (χ1n) is 5.45. The van der Waals surface area contributed by atoms with Crippen LogP contribution in [0, 0.1) is 5.92 Å². The predicted molar refractivity (Wildman–Crippen MR) is 55.2 cm³/mol. The zero-order valence-corrected chi connectivity index (χ0v) is 9.18. The lowest BCUT2D eigenvalue weighted by Gasteiger charge is -2.18. The van der Waals surface area contributed by atoms with Crippen molar-refractivity contribution in [3.05, 3.63) is 17.5 Å². The third-order valence-corrected chi connectivity index (χ3v) is 3.11. The molecule has 0 aliphatic heterocycles. The Labute approximate surface area is 93.4 Å². The molecule has 0 spiro atoms. The third kappa shape index (κ3) is 2.09. The van der Waals surface area contributed by atoms with Gasteiger partial charge in [-0.2, -0.15) is 0 Å². The molecular weight excluding hydrogens is 210 g/mol. The minimum atomic E-state index is -1.07. The maximum Gasteiger partial charge on any atom is 0.358 e. The lowest BCUT2D eigenvalue weighted by atomic mass is 9.98. The summed E-state index contributed by atoms with van der Waals surface area (Å²) >= 11 is 0. The van der Waals surface area contributed by atoms with Gasteiger partial charge < -0.3 is 14.4 Å². The van der Waals surface area contributed by atoms with Gasteiger partial charge in [0.05, 0.1) is 0 Å². The van der Waals surface area contributed by atoms with E-state index in [2.05, 4.69) is 5.16 Å². The number of carbonyl (C=O) groups is 1. The van der Waals surface area contributed by atoms with Crippen LogP contribution in [0.2, 0.25) is 0 Å². The highest BCUT2D eigenvalue weighted by atomic mass is 16.5. The van der Waals surface area contributed by atoms with Crippen LogP contribution in [0.4, 0.5) is 0 Å². The van der Waals surface area contributed by atoms with Crippen molar-refractivity contribution >= 4 is 5.97 Å². The molecule has 1 aromatic heterocycles. The topological polar surface area (TPSA) is 72.6 Å². The van der Waals surface area contributed by atoms with Crippen molar-refractivity contribution in [3.63, 3.8) is 0 Å². The fraction of sp³-hybridized carbons (Fsp3) is 0.636. The number of ether oxygens (including phenoxy) is 1. The van der Waals surface area contributed by atoms with E-state index in [-0.39, 0.29) is 11.8 Å². The Morgan fingerprint density at radius 2 is 2.31 bits per heavy atom. The van der Waals surface area contributed by atoms with Gasteiger partial charge in [0.25, 0.3) is 0 Å². The number of aromatic nitrogens is 1. The van der Waals surface area contributed by atoms with Crippen LogP contribution in [0.1, 0.15) is 48.0 Å². The summed E-state index contributed by atoms with van der Waals surface area (Å²) in [5.74, 6) is -0.136. The van der Waals surface area contributed by atoms with E-state index >= 15 is 0 Å².